The van der Waals surface area contributed by atoms with Crippen LogP contribution < -0.4 is 9.80 Å². The highest BCUT2D eigenvalue weighted by Gasteiger charge is 2.41. The number of amides is 4. The Hall–Kier alpha value is -5.34. The van der Waals surface area contributed by atoms with Gasteiger partial charge in [0, 0.05) is 46.9 Å². The standard InChI is InChI=1S/C33H24N4O8S2/c38-30-18-28(46-26-13-9-24(10-14-26)36(42)43)32(40)34(30)22-5-1-20(2-6-22)17-21-3-7-23(8-4-21)35-31(39)19-29(33(35)41)47-27-15-11-25(12-16-27)37(44)45/h1-16,28-29H,17-19H2/t28-,29+. The number of imide groups is 2. The average molecular weight is 669 g/mol. The Morgan fingerprint density at radius 2 is 0.894 bits per heavy atom. The lowest BCUT2D eigenvalue weighted by atomic mass is 10.0. The molecule has 14 heteroatoms. The van der Waals surface area contributed by atoms with E-state index in [0.717, 1.165) is 11.1 Å². The van der Waals surface area contributed by atoms with E-state index in [1.165, 1.54) is 57.6 Å². The summed E-state index contributed by atoms with van der Waals surface area (Å²) in [6.07, 6.45) is 0.571. The first kappa shape index (κ1) is 31.6. The zero-order chi connectivity index (χ0) is 33.2. The molecular formula is C33H24N4O8S2. The van der Waals surface area contributed by atoms with Crippen LogP contribution in [0, 0.1) is 20.2 Å². The number of hydrogen-bond acceptors (Lipinski definition) is 10. The zero-order valence-electron chi connectivity index (χ0n) is 24.4. The van der Waals surface area contributed by atoms with Gasteiger partial charge < -0.3 is 0 Å². The van der Waals surface area contributed by atoms with E-state index in [4.69, 9.17) is 0 Å². The van der Waals surface area contributed by atoms with Gasteiger partial charge in [-0.25, -0.2) is 9.80 Å². The predicted molar refractivity (Wildman–Crippen MR) is 175 cm³/mol. The normalized spacial score (nSPS) is 17.9. The van der Waals surface area contributed by atoms with E-state index >= 15 is 0 Å². The van der Waals surface area contributed by atoms with Gasteiger partial charge in [-0.05, 0) is 66.1 Å². The first-order chi connectivity index (χ1) is 22.6. The molecule has 47 heavy (non-hydrogen) atoms. The number of carbonyl (C=O) groups is 4. The van der Waals surface area contributed by atoms with Gasteiger partial charge in [-0.1, -0.05) is 24.3 Å². The van der Waals surface area contributed by atoms with Gasteiger partial charge >= 0.3 is 0 Å². The molecule has 2 aliphatic heterocycles. The number of nitro groups is 2. The molecule has 0 unspecified atom stereocenters. The molecule has 6 rings (SSSR count). The molecule has 2 saturated heterocycles. The fraction of sp³-hybridized carbons (Fsp3) is 0.152. The van der Waals surface area contributed by atoms with Crippen LogP contribution in [0.5, 0.6) is 0 Å². The van der Waals surface area contributed by atoms with Gasteiger partial charge in [0.1, 0.15) is 0 Å². The highest BCUT2D eigenvalue weighted by molar-refractivity contribution is 8.01. The lowest BCUT2D eigenvalue weighted by Gasteiger charge is -2.16. The van der Waals surface area contributed by atoms with Crippen LogP contribution in [0.4, 0.5) is 22.7 Å². The number of nitrogens with zero attached hydrogens (tertiary/aromatic N) is 4. The van der Waals surface area contributed by atoms with Crippen LogP contribution in [0.3, 0.4) is 0 Å². The van der Waals surface area contributed by atoms with Crippen molar-refractivity contribution in [1.82, 2.24) is 0 Å². The van der Waals surface area contributed by atoms with Crippen molar-refractivity contribution in [3.8, 4) is 0 Å². The van der Waals surface area contributed by atoms with Crippen molar-refractivity contribution < 1.29 is 29.0 Å². The van der Waals surface area contributed by atoms with Crippen LogP contribution in [-0.2, 0) is 25.6 Å². The molecule has 2 atom stereocenters. The number of hydrogen-bond donors (Lipinski definition) is 0. The van der Waals surface area contributed by atoms with Crippen LogP contribution >= 0.6 is 23.5 Å². The second-order valence-corrected chi connectivity index (χ2v) is 13.3. The third kappa shape index (κ3) is 6.78. The Balaban J connectivity index is 1.06. The summed E-state index contributed by atoms with van der Waals surface area (Å²) in [5, 5.41) is 20.5. The van der Waals surface area contributed by atoms with E-state index in [1.807, 2.05) is 24.3 Å². The van der Waals surface area contributed by atoms with Gasteiger partial charge in [-0.2, -0.15) is 0 Å². The molecule has 2 fully saturated rings. The van der Waals surface area contributed by atoms with Crippen molar-refractivity contribution in [1.29, 1.82) is 0 Å². The van der Waals surface area contributed by atoms with Gasteiger partial charge in [-0.3, -0.25) is 39.4 Å². The number of non-ortho nitro benzene ring substituents is 2. The summed E-state index contributed by atoms with van der Waals surface area (Å²) in [6, 6.07) is 25.8. The Morgan fingerprint density at radius 3 is 1.21 bits per heavy atom. The summed E-state index contributed by atoms with van der Waals surface area (Å²) in [5.41, 5.74) is 2.65. The Bertz CT molecular complexity index is 1760. The number of anilines is 2. The van der Waals surface area contributed by atoms with Crippen LogP contribution in [-0.4, -0.2) is 44.0 Å². The number of thioether (sulfide) groups is 2. The fourth-order valence-electron chi connectivity index (χ4n) is 5.32. The van der Waals surface area contributed by atoms with Crippen molar-refractivity contribution in [3.63, 3.8) is 0 Å². The number of nitro benzene ring substituents is 2. The van der Waals surface area contributed by atoms with E-state index in [0.29, 0.717) is 27.6 Å². The fourth-order valence-corrected chi connectivity index (χ4v) is 7.43. The zero-order valence-corrected chi connectivity index (χ0v) is 26.0. The summed E-state index contributed by atoms with van der Waals surface area (Å²) in [7, 11) is 0. The van der Waals surface area contributed by atoms with Crippen LogP contribution in [0.1, 0.15) is 24.0 Å². The van der Waals surface area contributed by atoms with Crippen molar-refractivity contribution >= 4 is 69.9 Å². The molecule has 4 amide bonds. The lowest BCUT2D eigenvalue weighted by Crippen LogP contribution is -2.31. The summed E-state index contributed by atoms with van der Waals surface area (Å²) in [4.78, 5) is 76.2. The van der Waals surface area contributed by atoms with Crippen molar-refractivity contribution in [2.24, 2.45) is 0 Å². The van der Waals surface area contributed by atoms with E-state index in [9.17, 15) is 39.4 Å². The average Bonchev–Trinajstić information content (AvgIpc) is 3.50. The number of rotatable bonds is 10. The monoisotopic (exact) mass is 668 g/mol. The first-order valence-corrected chi connectivity index (χ1v) is 16.1. The van der Waals surface area contributed by atoms with E-state index in [-0.39, 0.29) is 47.8 Å². The molecule has 2 heterocycles. The molecule has 4 aromatic rings. The molecule has 12 nitrogen and oxygen atoms in total. The van der Waals surface area contributed by atoms with Gasteiger partial charge in [0.25, 0.3) is 11.4 Å². The quantitative estimate of drug-likeness (QED) is 0.112. The van der Waals surface area contributed by atoms with Crippen LogP contribution in [0.15, 0.2) is 107 Å². The van der Waals surface area contributed by atoms with E-state index in [1.54, 1.807) is 48.5 Å². The molecule has 0 bridgehead atoms. The molecule has 236 valence electrons. The Kier molecular flexibility index (Phi) is 8.87. The SMILES string of the molecule is O=C1C[C@H](Sc2ccc([N+](=O)[O-])cc2)C(=O)N1c1ccc(Cc2ccc(N3C(=O)C[C@@H](Sc4ccc([N+](=O)[O-])cc4)C3=O)cc2)cc1. The second-order valence-electron chi connectivity index (χ2n) is 10.8. The number of benzene rings is 4. The molecule has 4 aromatic carbocycles. The van der Waals surface area contributed by atoms with E-state index < -0.39 is 20.3 Å². The molecule has 2 aliphatic rings. The predicted octanol–water partition coefficient (Wildman–Crippen LogP) is 5.94. The molecule has 0 N–H and O–H groups in total. The highest BCUT2D eigenvalue weighted by atomic mass is 32.2. The van der Waals surface area contributed by atoms with Crippen LogP contribution in [0.25, 0.3) is 0 Å². The minimum absolute atomic E-state index is 0.0209. The maximum atomic E-state index is 13.1. The molecular weight excluding hydrogens is 645 g/mol. The summed E-state index contributed by atoms with van der Waals surface area (Å²) in [6.45, 7) is 0. The lowest BCUT2D eigenvalue weighted by molar-refractivity contribution is -0.385. The third-order valence-corrected chi connectivity index (χ3v) is 10.1. The molecule has 0 aliphatic carbocycles. The summed E-state index contributed by atoms with van der Waals surface area (Å²) in [5.74, 6) is -1.34. The topological polar surface area (TPSA) is 161 Å². The summed E-state index contributed by atoms with van der Waals surface area (Å²) < 4.78 is 0. The van der Waals surface area contributed by atoms with Gasteiger partial charge in [0.15, 0.2) is 0 Å². The largest absolute Gasteiger partial charge is 0.274 e. The number of carbonyl (C=O) groups excluding carboxylic acids is 4. The molecule has 0 radical (unpaired) electrons. The van der Waals surface area contributed by atoms with E-state index in [2.05, 4.69) is 0 Å². The highest BCUT2D eigenvalue weighted by Crippen LogP contribution is 2.36. The van der Waals surface area contributed by atoms with Gasteiger partial charge in [-0.15, -0.1) is 23.5 Å². The Morgan fingerprint density at radius 1 is 0.553 bits per heavy atom. The smallest absolute Gasteiger partial charge is 0.269 e. The molecule has 0 spiro atoms. The molecule has 0 saturated carbocycles. The van der Waals surface area contributed by atoms with Crippen molar-refractivity contribution in [2.75, 3.05) is 9.80 Å². The van der Waals surface area contributed by atoms with Crippen molar-refractivity contribution in [3.05, 3.63) is 128 Å². The van der Waals surface area contributed by atoms with Gasteiger partial charge in [0.2, 0.25) is 23.6 Å². The third-order valence-electron chi connectivity index (χ3n) is 7.66. The van der Waals surface area contributed by atoms with Crippen LogP contribution in [0.2, 0.25) is 0 Å². The second kappa shape index (κ2) is 13.2. The van der Waals surface area contributed by atoms with Crippen molar-refractivity contribution in [2.45, 2.75) is 39.6 Å². The first-order valence-electron chi connectivity index (χ1n) is 14.3. The summed E-state index contributed by atoms with van der Waals surface area (Å²) >= 11 is 2.39. The van der Waals surface area contributed by atoms with Gasteiger partial charge in [0.05, 0.1) is 31.7 Å². The maximum Gasteiger partial charge on any atom is 0.269 e. The molecule has 0 aromatic heterocycles. The minimum atomic E-state index is -0.632. The maximum absolute atomic E-state index is 13.1. The minimum Gasteiger partial charge on any atom is -0.274 e. The Labute approximate surface area is 276 Å².